The fourth-order valence-corrected chi connectivity index (χ4v) is 1.82. The maximum Gasteiger partial charge on any atom is 0.243 e. The van der Waals surface area contributed by atoms with E-state index in [4.69, 9.17) is 5.11 Å². The lowest BCUT2D eigenvalue weighted by molar-refractivity contribution is -0.0124. The zero-order valence-electron chi connectivity index (χ0n) is 7.43. The van der Waals surface area contributed by atoms with Crippen LogP contribution in [0.5, 0.6) is 0 Å². The van der Waals surface area contributed by atoms with Crippen LogP contribution in [0.2, 0.25) is 0 Å². The molecule has 12 heavy (non-hydrogen) atoms. The summed E-state index contributed by atoms with van der Waals surface area (Å²) in [5.41, 5.74) is -0.728. The Balaban J connectivity index is 2.77. The van der Waals surface area contributed by atoms with Crippen LogP contribution in [-0.4, -0.2) is 42.2 Å². The average Bonchev–Trinajstić information content (AvgIpc) is 2.30. The van der Waals surface area contributed by atoms with Gasteiger partial charge in [-0.25, -0.2) is 8.78 Å². The van der Waals surface area contributed by atoms with E-state index in [-0.39, 0.29) is 6.61 Å². The predicted molar refractivity (Wildman–Crippen MR) is 42.2 cm³/mol. The zero-order valence-corrected chi connectivity index (χ0v) is 7.43. The Hall–Kier alpha value is -0.220. The van der Waals surface area contributed by atoms with E-state index in [9.17, 15) is 8.78 Å². The summed E-state index contributed by atoms with van der Waals surface area (Å²) in [7, 11) is 1.78. The van der Waals surface area contributed by atoms with Crippen molar-refractivity contribution < 1.29 is 13.9 Å². The lowest BCUT2D eigenvalue weighted by Crippen LogP contribution is -2.48. The van der Waals surface area contributed by atoms with Gasteiger partial charge in [0.05, 0.1) is 6.61 Å². The third-order valence-electron chi connectivity index (χ3n) is 3.07. The first kappa shape index (κ1) is 9.86. The van der Waals surface area contributed by atoms with Crippen molar-refractivity contribution in [1.82, 2.24) is 4.90 Å². The Morgan fingerprint density at radius 2 is 2.25 bits per heavy atom. The number of likely N-dealkylation sites (N-methyl/N-ethyl adjacent to an activating group) is 1. The van der Waals surface area contributed by atoms with Crippen molar-refractivity contribution in [2.45, 2.75) is 25.3 Å². The van der Waals surface area contributed by atoms with E-state index < -0.39 is 17.9 Å². The van der Waals surface area contributed by atoms with Crippen LogP contribution in [0.4, 0.5) is 8.78 Å². The molecule has 1 fully saturated rings. The normalized spacial score (nSPS) is 38.0. The van der Waals surface area contributed by atoms with Gasteiger partial charge in [-0.2, -0.15) is 0 Å². The Kier molecular flexibility index (Phi) is 2.68. The molecular weight excluding hydrogens is 164 g/mol. The molecule has 0 spiro atoms. The van der Waals surface area contributed by atoms with E-state index in [2.05, 4.69) is 0 Å². The fraction of sp³-hybridized carbons (Fsp3) is 1.00. The van der Waals surface area contributed by atoms with Crippen molar-refractivity contribution >= 4 is 0 Å². The molecule has 1 heterocycles. The first-order chi connectivity index (χ1) is 5.52. The minimum Gasteiger partial charge on any atom is -0.394 e. The van der Waals surface area contributed by atoms with E-state index in [1.165, 1.54) is 0 Å². The van der Waals surface area contributed by atoms with E-state index in [1.807, 2.05) is 4.90 Å². The van der Waals surface area contributed by atoms with Crippen molar-refractivity contribution in [3.8, 4) is 0 Å². The molecule has 4 heteroatoms. The Morgan fingerprint density at radius 3 is 2.58 bits per heavy atom. The Bertz CT molecular complexity index is 165. The number of hydrogen-bond acceptors (Lipinski definition) is 2. The molecule has 2 atom stereocenters. The Morgan fingerprint density at radius 1 is 1.67 bits per heavy atom. The van der Waals surface area contributed by atoms with Crippen molar-refractivity contribution in [2.75, 3.05) is 20.2 Å². The average molecular weight is 179 g/mol. The highest BCUT2D eigenvalue weighted by Gasteiger charge is 2.47. The summed E-state index contributed by atoms with van der Waals surface area (Å²) < 4.78 is 24.9. The molecule has 0 aromatic heterocycles. The summed E-state index contributed by atoms with van der Waals surface area (Å²) in [5, 5.41) is 9.04. The standard InChI is InChI=1S/C8H15F2NO/c1-8(5-12)6(7(9)10)3-4-11(8)2/h6-7,12H,3-5H2,1-2H3/t6-,8-/m0/s1. The third-order valence-corrected chi connectivity index (χ3v) is 3.07. The molecule has 72 valence electrons. The second kappa shape index (κ2) is 3.26. The molecule has 1 N–H and O–H groups in total. The van der Waals surface area contributed by atoms with Crippen LogP contribution in [0.1, 0.15) is 13.3 Å². The molecule has 0 aromatic rings. The van der Waals surface area contributed by atoms with Gasteiger partial charge in [0.15, 0.2) is 0 Å². The van der Waals surface area contributed by atoms with Gasteiger partial charge < -0.3 is 5.11 Å². The summed E-state index contributed by atoms with van der Waals surface area (Å²) in [6.07, 6.45) is -1.85. The van der Waals surface area contributed by atoms with Gasteiger partial charge in [-0.3, -0.25) is 4.90 Å². The number of rotatable bonds is 2. The molecule has 0 unspecified atom stereocenters. The highest BCUT2D eigenvalue weighted by molar-refractivity contribution is 4.97. The van der Waals surface area contributed by atoms with Gasteiger partial charge in [0.1, 0.15) is 0 Å². The fourth-order valence-electron chi connectivity index (χ4n) is 1.82. The second-order valence-electron chi connectivity index (χ2n) is 3.67. The maximum absolute atomic E-state index is 12.5. The van der Waals surface area contributed by atoms with E-state index in [0.717, 1.165) is 0 Å². The molecule has 1 aliphatic heterocycles. The van der Waals surface area contributed by atoms with Crippen molar-refractivity contribution in [3.05, 3.63) is 0 Å². The number of nitrogens with zero attached hydrogens (tertiary/aromatic N) is 1. The van der Waals surface area contributed by atoms with E-state index in [0.29, 0.717) is 13.0 Å². The molecule has 0 radical (unpaired) electrons. The smallest absolute Gasteiger partial charge is 0.243 e. The predicted octanol–water partition coefficient (Wildman–Crippen LogP) is 0.954. The lowest BCUT2D eigenvalue weighted by atomic mass is 9.88. The summed E-state index contributed by atoms with van der Waals surface area (Å²) >= 11 is 0. The second-order valence-corrected chi connectivity index (χ2v) is 3.67. The van der Waals surface area contributed by atoms with Crippen LogP contribution in [0.3, 0.4) is 0 Å². The zero-order chi connectivity index (χ0) is 9.35. The number of aliphatic hydroxyl groups excluding tert-OH is 1. The van der Waals surface area contributed by atoms with Gasteiger partial charge >= 0.3 is 0 Å². The highest BCUT2D eigenvalue weighted by Crippen LogP contribution is 2.37. The molecule has 0 aliphatic carbocycles. The quantitative estimate of drug-likeness (QED) is 0.682. The van der Waals surface area contributed by atoms with Crippen LogP contribution >= 0.6 is 0 Å². The topological polar surface area (TPSA) is 23.5 Å². The third kappa shape index (κ3) is 1.33. The summed E-state index contributed by atoms with van der Waals surface area (Å²) in [6, 6.07) is 0. The summed E-state index contributed by atoms with van der Waals surface area (Å²) in [5.74, 6) is -0.688. The number of aliphatic hydroxyl groups is 1. The maximum atomic E-state index is 12.5. The number of halogens is 2. The molecule has 0 saturated carbocycles. The number of hydrogen-bond donors (Lipinski definition) is 1. The summed E-state index contributed by atoms with van der Waals surface area (Å²) in [6.45, 7) is 2.14. The van der Waals surface area contributed by atoms with Crippen LogP contribution in [-0.2, 0) is 0 Å². The summed E-state index contributed by atoms with van der Waals surface area (Å²) in [4.78, 5) is 1.81. The number of alkyl halides is 2. The molecule has 0 aromatic carbocycles. The van der Waals surface area contributed by atoms with Gasteiger partial charge in [0, 0.05) is 11.5 Å². The molecule has 0 bridgehead atoms. The van der Waals surface area contributed by atoms with Gasteiger partial charge in [0.25, 0.3) is 0 Å². The molecule has 1 saturated heterocycles. The largest absolute Gasteiger partial charge is 0.394 e. The van der Waals surface area contributed by atoms with Crippen LogP contribution in [0.25, 0.3) is 0 Å². The number of likely N-dealkylation sites (tertiary alicyclic amines) is 1. The first-order valence-electron chi connectivity index (χ1n) is 4.12. The van der Waals surface area contributed by atoms with Crippen molar-refractivity contribution in [1.29, 1.82) is 0 Å². The van der Waals surface area contributed by atoms with Gasteiger partial charge in [-0.1, -0.05) is 0 Å². The monoisotopic (exact) mass is 179 g/mol. The van der Waals surface area contributed by atoms with E-state index in [1.54, 1.807) is 14.0 Å². The Labute approximate surface area is 71.2 Å². The van der Waals surface area contributed by atoms with Crippen LogP contribution in [0.15, 0.2) is 0 Å². The van der Waals surface area contributed by atoms with Gasteiger partial charge in [-0.05, 0) is 26.9 Å². The highest BCUT2D eigenvalue weighted by atomic mass is 19.3. The van der Waals surface area contributed by atoms with E-state index >= 15 is 0 Å². The van der Waals surface area contributed by atoms with Crippen molar-refractivity contribution in [3.63, 3.8) is 0 Å². The van der Waals surface area contributed by atoms with Crippen molar-refractivity contribution in [2.24, 2.45) is 5.92 Å². The molecule has 1 aliphatic rings. The van der Waals surface area contributed by atoms with Crippen LogP contribution < -0.4 is 0 Å². The minimum atomic E-state index is -2.33. The lowest BCUT2D eigenvalue weighted by Gasteiger charge is -2.35. The van der Waals surface area contributed by atoms with Gasteiger partial charge in [-0.15, -0.1) is 0 Å². The molecule has 2 nitrogen and oxygen atoms in total. The van der Waals surface area contributed by atoms with Crippen LogP contribution in [0, 0.1) is 5.92 Å². The molecular formula is C8H15F2NO. The first-order valence-corrected chi connectivity index (χ1v) is 4.12. The SMILES string of the molecule is CN1CC[C@@H](C(F)F)[C@]1(C)CO. The molecule has 1 rings (SSSR count). The van der Waals surface area contributed by atoms with Gasteiger partial charge in [0.2, 0.25) is 6.43 Å². The minimum absolute atomic E-state index is 0.196. The molecule has 0 amide bonds.